The Morgan fingerprint density at radius 3 is 2.80 bits per heavy atom. The third kappa shape index (κ3) is 2.33. The van der Waals surface area contributed by atoms with E-state index in [0.717, 1.165) is 23.3 Å². The molecule has 4 nitrogen and oxygen atoms in total. The Kier molecular flexibility index (Phi) is 3.30. The fourth-order valence-corrected chi connectivity index (χ4v) is 2.25. The Bertz CT molecular complexity index is 698. The summed E-state index contributed by atoms with van der Waals surface area (Å²) in [6.45, 7) is 6.78. The molecule has 0 N–H and O–H groups in total. The average Bonchev–Trinajstić information content (AvgIpc) is 3.09. The van der Waals surface area contributed by atoms with Crippen LogP contribution in [-0.2, 0) is 6.42 Å². The van der Waals surface area contributed by atoms with E-state index in [1.165, 1.54) is 5.69 Å². The summed E-state index contributed by atoms with van der Waals surface area (Å²) in [5.41, 5.74) is 4.02. The highest BCUT2D eigenvalue weighted by molar-refractivity contribution is 5.61. The second-order valence-corrected chi connectivity index (χ2v) is 5.67. The molecule has 1 atom stereocenters. The maximum atomic E-state index is 5.16. The number of furan rings is 1. The molecule has 1 unspecified atom stereocenters. The summed E-state index contributed by atoms with van der Waals surface area (Å²) in [7, 11) is 0. The molecule has 3 heterocycles. The predicted molar refractivity (Wildman–Crippen MR) is 78.4 cm³/mol. The number of aromatic nitrogens is 3. The van der Waals surface area contributed by atoms with E-state index in [2.05, 4.69) is 36.9 Å². The smallest absolute Gasteiger partial charge is 0.155 e. The summed E-state index contributed by atoms with van der Waals surface area (Å²) in [5, 5.41) is 4.38. The summed E-state index contributed by atoms with van der Waals surface area (Å²) in [4.78, 5) is 4.63. The molecule has 0 aliphatic heterocycles. The fourth-order valence-electron chi connectivity index (χ4n) is 2.25. The lowest BCUT2D eigenvalue weighted by Gasteiger charge is -2.16. The van der Waals surface area contributed by atoms with Crippen LogP contribution in [0.25, 0.3) is 16.9 Å². The maximum Gasteiger partial charge on any atom is 0.155 e. The summed E-state index contributed by atoms with van der Waals surface area (Å²) >= 11 is 0. The van der Waals surface area contributed by atoms with Crippen LogP contribution in [0.5, 0.6) is 0 Å². The van der Waals surface area contributed by atoms with Crippen molar-refractivity contribution in [2.45, 2.75) is 27.2 Å². The lowest BCUT2D eigenvalue weighted by Crippen LogP contribution is -2.11. The van der Waals surface area contributed by atoms with Crippen molar-refractivity contribution in [3.05, 3.63) is 42.6 Å². The number of hydrogen-bond donors (Lipinski definition) is 0. The van der Waals surface area contributed by atoms with Crippen molar-refractivity contribution < 1.29 is 4.42 Å². The van der Waals surface area contributed by atoms with E-state index in [0.29, 0.717) is 11.8 Å². The minimum absolute atomic E-state index is 0.599. The lowest BCUT2D eigenvalue weighted by atomic mass is 9.93. The van der Waals surface area contributed by atoms with Gasteiger partial charge in [-0.15, -0.1) is 0 Å². The van der Waals surface area contributed by atoms with Gasteiger partial charge in [-0.3, -0.25) is 0 Å². The van der Waals surface area contributed by atoms with Gasteiger partial charge in [0.15, 0.2) is 5.65 Å². The fraction of sp³-hybridized carbons (Fsp3) is 0.375. The highest BCUT2D eigenvalue weighted by Crippen LogP contribution is 2.23. The van der Waals surface area contributed by atoms with Crippen LogP contribution < -0.4 is 0 Å². The van der Waals surface area contributed by atoms with Crippen LogP contribution in [0, 0.1) is 11.8 Å². The molecule has 3 aromatic heterocycles. The minimum Gasteiger partial charge on any atom is -0.472 e. The molecule has 0 aliphatic carbocycles. The zero-order valence-electron chi connectivity index (χ0n) is 12.1. The van der Waals surface area contributed by atoms with Gasteiger partial charge in [-0.25, -0.2) is 9.50 Å². The standard InChI is InChI=1S/C16H19N3O/c1-11(2)12(3)8-14-9-15(13-5-7-20-10-13)18-16-4-6-17-19(14)16/h4-7,9-12H,8H2,1-3H3. The molecule has 0 aromatic carbocycles. The van der Waals surface area contributed by atoms with Crippen molar-refractivity contribution >= 4 is 5.65 Å². The molecule has 0 spiro atoms. The molecule has 0 saturated carbocycles. The van der Waals surface area contributed by atoms with Crippen LogP contribution in [0.1, 0.15) is 26.5 Å². The third-order valence-corrected chi connectivity index (χ3v) is 3.92. The minimum atomic E-state index is 0.599. The van der Waals surface area contributed by atoms with Gasteiger partial charge in [0.05, 0.1) is 24.4 Å². The third-order valence-electron chi connectivity index (χ3n) is 3.92. The monoisotopic (exact) mass is 269 g/mol. The summed E-state index contributed by atoms with van der Waals surface area (Å²) in [5.74, 6) is 1.24. The first kappa shape index (κ1) is 12.9. The molecular formula is C16H19N3O. The normalized spacial score (nSPS) is 13.2. The highest BCUT2D eigenvalue weighted by atomic mass is 16.3. The largest absolute Gasteiger partial charge is 0.472 e. The van der Waals surface area contributed by atoms with Crippen molar-refractivity contribution in [1.29, 1.82) is 0 Å². The number of fused-ring (bicyclic) bond motifs is 1. The second kappa shape index (κ2) is 5.12. The number of hydrogen-bond acceptors (Lipinski definition) is 3. The van der Waals surface area contributed by atoms with Gasteiger partial charge in [-0.2, -0.15) is 5.10 Å². The maximum absolute atomic E-state index is 5.16. The van der Waals surface area contributed by atoms with Gasteiger partial charge in [0.1, 0.15) is 0 Å². The molecule has 4 heteroatoms. The Morgan fingerprint density at radius 2 is 2.10 bits per heavy atom. The molecule has 3 aromatic rings. The Labute approximate surface area is 118 Å². The van der Waals surface area contributed by atoms with Crippen LogP contribution in [0.4, 0.5) is 0 Å². The SMILES string of the molecule is CC(C)C(C)Cc1cc(-c2ccoc2)nc2ccnn12. The van der Waals surface area contributed by atoms with E-state index in [9.17, 15) is 0 Å². The van der Waals surface area contributed by atoms with Gasteiger partial charge in [0, 0.05) is 17.3 Å². The first-order chi connectivity index (χ1) is 9.65. The topological polar surface area (TPSA) is 43.3 Å². The zero-order valence-corrected chi connectivity index (χ0v) is 12.1. The van der Waals surface area contributed by atoms with E-state index in [-0.39, 0.29) is 0 Å². The van der Waals surface area contributed by atoms with Crippen molar-refractivity contribution in [2.75, 3.05) is 0 Å². The lowest BCUT2D eigenvalue weighted by molar-refractivity contribution is 0.410. The summed E-state index contributed by atoms with van der Waals surface area (Å²) in [6.07, 6.45) is 6.19. The average molecular weight is 269 g/mol. The van der Waals surface area contributed by atoms with E-state index in [1.54, 1.807) is 18.7 Å². The number of rotatable bonds is 4. The quantitative estimate of drug-likeness (QED) is 0.723. The molecule has 3 rings (SSSR count). The predicted octanol–water partition coefficient (Wildman–Crippen LogP) is 3.82. The van der Waals surface area contributed by atoms with Gasteiger partial charge < -0.3 is 4.42 Å². The van der Waals surface area contributed by atoms with Crippen LogP contribution in [0.2, 0.25) is 0 Å². The highest BCUT2D eigenvalue weighted by Gasteiger charge is 2.14. The van der Waals surface area contributed by atoms with Crippen LogP contribution in [-0.4, -0.2) is 14.6 Å². The molecule has 0 bridgehead atoms. The van der Waals surface area contributed by atoms with Gasteiger partial charge in [0.25, 0.3) is 0 Å². The zero-order chi connectivity index (χ0) is 14.1. The van der Waals surface area contributed by atoms with Gasteiger partial charge in [-0.05, 0) is 30.4 Å². The van der Waals surface area contributed by atoms with E-state index >= 15 is 0 Å². The first-order valence-corrected chi connectivity index (χ1v) is 7.01. The first-order valence-electron chi connectivity index (χ1n) is 7.01. The summed E-state index contributed by atoms with van der Waals surface area (Å²) in [6, 6.07) is 5.99. The molecule has 0 amide bonds. The molecular weight excluding hydrogens is 250 g/mol. The van der Waals surface area contributed by atoms with E-state index in [1.807, 2.05) is 16.6 Å². The van der Waals surface area contributed by atoms with Gasteiger partial charge in [-0.1, -0.05) is 20.8 Å². The number of nitrogens with zero attached hydrogens (tertiary/aromatic N) is 3. The molecule has 0 fully saturated rings. The van der Waals surface area contributed by atoms with Crippen molar-refractivity contribution in [3.8, 4) is 11.3 Å². The van der Waals surface area contributed by atoms with Crippen molar-refractivity contribution in [1.82, 2.24) is 14.6 Å². The molecule has 20 heavy (non-hydrogen) atoms. The van der Waals surface area contributed by atoms with E-state index in [4.69, 9.17) is 4.42 Å². The molecule has 0 radical (unpaired) electrons. The Hall–Kier alpha value is -2.10. The summed E-state index contributed by atoms with van der Waals surface area (Å²) < 4.78 is 7.09. The van der Waals surface area contributed by atoms with E-state index < -0.39 is 0 Å². The Morgan fingerprint density at radius 1 is 1.25 bits per heavy atom. The van der Waals surface area contributed by atoms with Crippen LogP contribution >= 0.6 is 0 Å². The van der Waals surface area contributed by atoms with Crippen LogP contribution in [0.3, 0.4) is 0 Å². The second-order valence-electron chi connectivity index (χ2n) is 5.67. The Balaban J connectivity index is 2.07. The van der Waals surface area contributed by atoms with Crippen LogP contribution in [0.15, 0.2) is 41.3 Å². The molecule has 104 valence electrons. The van der Waals surface area contributed by atoms with Crippen molar-refractivity contribution in [3.63, 3.8) is 0 Å². The van der Waals surface area contributed by atoms with Crippen molar-refractivity contribution in [2.24, 2.45) is 11.8 Å². The van der Waals surface area contributed by atoms with Gasteiger partial charge in [0.2, 0.25) is 0 Å². The molecule has 0 aliphatic rings. The molecule has 0 saturated heterocycles. The van der Waals surface area contributed by atoms with Gasteiger partial charge >= 0.3 is 0 Å².